The Morgan fingerprint density at radius 3 is 3.33 bits per heavy atom. The van der Waals surface area contributed by atoms with Crippen molar-refractivity contribution in [1.82, 2.24) is 0 Å². The Bertz CT molecular complexity index is 177. The van der Waals surface area contributed by atoms with Crippen LogP contribution in [0.1, 0.15) is 12.8 Å². The molecule has 1 heteroatoms. The van der Waals surface area contributed by atoms with E-state index in [0.29, 0.717) is 0 Å². The number of ether oxygens (including phenoxy) is 1. The largest absolute Gasteiger partial charge is 0.493 e. The lowest BCUT2D eigenvalue weighted by molar-refractivity contribution is 0.272. The van der Waals surface area contributed by atoms with E-state index in [9.17, 15) is 0 Å². The van der Waals surface area contributed by atoms with Crippen molar-refractivity contribution >= 4 is 0 Å². The van der Waals surface area contributed by atoms with Crippen molar-refractivity contribution in [3.05, 3.63) is 29.9 Å². The van der Waals surface area contributed by atoms with Crippen molar-refractivity contribution in [1.29, 1.82) is 0 Å². The maximum atomic E-state index is 5.29. The summed E-state index contributed by atoms with van der Waals surface area (Å²) in [6.07, 6.45) is 8.75. The fraction of sp³-hybridized carbons (Fsp3) is 0.375. The monoisotopic (exact) mass is 121 g/mol. The molecular formula is C8H9O. The topological polar surface area (TPSA) is 9.23 Å². The molecule has 0 fully saturated rings. The van der Waals surface area contributed by atoms with E-state index in [-0.39, 0.29) is 0 Å². The van der Waals surface area contributed by atoms with Gasteiger partial charge in [-0.05, 0) is 24.5 Å². The van der Waals surface area contributed by atoms with Crippen LogP contribution in [-0.4, -0.2) is 6.61 Å². The summed E-state index contributed by atoms with van der Waals surface area (Å²) < 4.78 is 5.29. The molecule has 0 atom stereocenters. The van der Waals surface area contributed by atoms with Crippen LogP contribution in [0.25, 0.3) is 0 Å². The maximum Gasteiger partial charge on any atom is 0.118 e. The molecular weight excluding hydrogens is 112 g/mol. The Balaban J connectivity index is 2.28. The van der Waals surface area contributed by atoms with Crippen LogP contribution in [-0.2, 0) is 4.74 Å². The van der Waals surface area contributed by atoms with Gasteiger partial charge >= 0.3 is 0 Å². The average molecular weight is 121 g/mol. The molecule has 1 radical (unpaired) electrons. The fourth-order valence-electron chi connectivity index (χ4n) is 1.23. The van der Waals surface area contributed by atoms with E-state index in [1.54, 1.807) is 0 Å². The normalized spacial score (nSPS) is 24.0. The van der Waals surface area contributed by atoms with Gasteiger partial charge in [0.2, 0.25) is 0 Å². The molecule has 0 unspecified atom stereocenters. The second-order valence-electron chi connectivity index (χ2n) is 2.35. The van der Waals surface area contributed by atoms with E-state index in [4.69, 9.17) is 4.74 Å². The van der Waals surface area contributed by atoms with Crippen molar-refractivity contribution < 1.29 is 4.74 Å². The lowest BCUT2D eigenvalue weighted by Gasteiger charge is -2.04. The molecule has 47 valence electrons. The van der Waals surface area contributed by atoms with Crippen molar-refractivity contribution in [2.45, 2.75) is 12.8 Å². The predicted octanol–water partition coefficient (Wildman–Crippen LogP) is 1.82. The SMILES string of the molecule is [CH]1COC2=C1CCC=C2. The molecule has 1 nitrogen and oxygen atoms in total. The Morgan fingerprint density at radius 2 is 2.44 bits per heavy atom. The van der Waals surface area contributed by atoms with Gasteiger partial charge in [-0.2, -0.15) is 0 Å². The van der Waals surface area contributed by atoms with Crippen molar-refractivity contribution in [3.8, 4) is 0 Å². The van der Waals surface area contributed by atoms with Crippen LogP contribution in [0.3, 0.4) is 0 Å². The van der Waals surface area contributed by atoms with Crippen LogP contribution in [0.15, 0.2) is 23.5 Å². The third-order valence-corrected chi connectivity index (χ3v) is 1.73. The third kappa shape index (κ3) is 0.766. The molecule has 1 aliphatic heterocycles. The minimum absolute atomic E-state index is 0.787. The number of hydrogen-bond donors (Lipinski definition) is 0. The standard InChI is InChI=1S/C8H9O/c1-2-4-8-7(3-1)5-6-9-8/h2,4-5H,1,3,6H2. The lowest BCUT2D eigenvalue weighted by Crippen LogP contribution is -1.87. The summed E-state index contributed by atoms with van der Waals surface area (Å²) in [6, 6.07) is 0. The molecule has 2 aliphatic rings. The predicted molar refractivity (Wildman–Crippen MR) is 35.7 cm³/mol. The van der Waals surface area contributed by atoms with Gasteiger partial charge in [0.05, 0.1) is 6.61 Å². The van der Waals surface area contributed by atoms with E-state index in [2.05, 4.69) is 18.6 Å². The van der Waals surface area contributed by atoms with Gasteiger partial charge in [0.25, 0.3) is 0 Å². The van der Waals surface area contributed by atoms with Crippen LogP contribution < -0.4 is 0 Å². The van der Waals surface area contributed by atoms with E-state index in [1.807, 2.05) is 0 Å². The average Bonchev–Trinajstić information content (AvgIpc) is 2.33. The lowest BCUT2D eigenvalue weighted by atomic mass is 10.0. The first kappa shape index (κ1) is 5.10. The minimum Gasteiger partial charge on any atom is -0.493 e. The Morgan fingerprint density at radius 1 is 1.44 bits per heavy atom. The minimum atomic E-state index is 0.787. The molecule has 0 aromatic heterocycles. The summed E-state index contributed by atoms with van der Waals surface area (Å²) in [5.74, 6) is 1.10. The summed E-state index contributed by atoms with van der Waals surface area (Å²) in [6.45, 7) is 0.787. The highest BCUT2D eigenvalue weighted by molar-refractivity contribution is 5.33. The summed E-state index contributed by atoms with van der Waals surface area (Å²) >= 11 is 0. The van der Waals surface area contributed by atoms with Crippen LogP contribution in [0.4, 0.5) is 0 Å². The second kappa shape index (κ2) is 1.90. The first-order chi connectivity index (χ1) is 4.47. The fourth-order valence-corrected chi connectivity index (χ4v) is 1.23. The second-order valence-corrected chi connectivity index (χ2v) is 2.35. The molecule has 9 heavy (non-hydrogen) atoms. The van der Waals surface area contributed by atoms with E-state index < -0.39 is 0 Å². The van der Waals surface area contributed by atoms with Gasteiger partial charge in [-0.15, -0.1) is 0 Å². The van der Waals surface area contributed by atoms with E-state index in [1.165, 1.54) is 18.4 Å². The molecule has 0 aromatic rings. The van der Waals surface area contributed by atoms with E-state index >= 15 is 0 Å². The van der Waals surface area contributed by atoms with Crippen LogP contribution >= 0.6 is 0 Å². The number of hydrogen-bond acceptors (Lipinski definition) is 1. The van der Waals surface area contributed by atoms with Gasteiger partial charge < -0.3 is 4.74 Å². The molecule has 0 amide bonds. The van der Waals surface area contributed by atoms with Crippen molar-refractivity contribution in [3.63, 3.8) is 0 Å². The van der Waals surface area contributed by atoms with Crippen molar-refractivity contribution in [2.75, 3.05) is 6.61 Å². The van der Waals surface area contributed by atoms with Gasteiger partial charge in [0, 0.05) is 6.42 Å². The van der Waals surface area contributed by atoms with Crippen LogP contribution in [0.2, 0.25) is 0 Å². The van der Waals surface area contributed by atoms with Gasteiger partial charge in [-0.1, -0.05) is 6.08 Å². The van der Waals surface area contributed by atoms with Crippen LogP contribution in [0.5, 0.6) is 0 Å². The smallest absolute Gasteiger partial charge is 0.118 e. The number of rotatable bonds is 0. The zero-order chi connectivity index (χ0) is 6.10. The zero-order valence-electron chi connectivity index (χ0n) is 5.26. The summed E-state index contributed by atoms with van der Waals surface area (Å²) in [5, 5.41) is 0. The van der Waals surface area contributed by atoms with Gasteiger partial charge in [-0.3, -0.25) is 0 Å². The molecule has 0 N–H and O–H groups in total. The number of allylic oxidation sites excluding steroid dienone is 2. The molecule has 0 saturated heterocycles. The quantitative estimate of drug-likeness (QED) is 0.475. The Labute approximate surface area is 55.0 Å². The molecule has 1 aliphatic carbocycles. The van der Waals surface area contributed by atoms with Gasteiger partial charge in [0.1, 0.15) is 5.76 Å². The maximum absolute atomic E-state index is 5.29. The summed E-state index contributed by atoms with van der Waals surface area (Å²) in [5.41, 5.74) is 1.40. The molecule has 0 aromatic carbocycles. The highest BCUT2D eigenvalue weighted by Crippen LogP contribution is 2.26. The summed E-state index contributed by atoms with van der Waals surface area (Å²) in [7, 11) is 0. The first-order valence-electron chi connectivity index (χ1n) is 3.32. The van der Waals surface area contributed by atoms with Gasteiger partial charge in [-0.25, -0.2) is 0 Å². The highest BCUT2D eigenvalue weighted by Gasteiger charge is 2.15. The van der Waals surface area contributed by atoms with Gasteiger partial charge in [0.15, 0.2) is 0 Å². The molecule has 0 spiro atoms. The molecule has 2 rings (SSSR count). The Kier molecular flexibility index (Phi) is 1.08. The Hall–Kier alpha value is -0.720. The van der Waals surface area contributed by atoms with Crippen molar-refractivity contribution in [2.24, 2.45) is 0 Å². The molecule has 1 heterocycles. The first-order valence-corrected chi connectivity index (χ1v) is 3.32. The highest BCUT2D eigenvalue weighted by atomic mass is 16.5. The third-order valence-electron chi connectivity index (χ3n) is 1.73. The van der Waals surface area contributed by atoms with E-state index in [0.717, 1.165) is 12.4 Å². The zero-order valence-corrected chi connectivity index (χ0v) is 5.26. The summed E-state index contributed by atoms with van der Waals surface area (Å²) in [4.78, 5) is 0. The molecule has 0 saturated carbocycles. The molecule has 0 bridgehead atoms. The van der Waals surface area contributed by atoms with Crippen LogP contribution in [0, 0.1) is 6.42 Å².